The second-order valence-corrected chi connectivity index (χ2v) is 4.54. The Labute approximate surface area is 112 Å². The molecule has 0 spiro atoms. The van der Waals surface area contributed by atoms with Crippen molar-refractivity contribution in [1.82, 2.24) is 9.97 Å². The minimum absolute atomic E-state index is 0.650. The molecule has 0 fully saturated rings. The Morgan fingerprint density at radius 2 is 2.06 bits per heavy atom. The number of benzene rings is 1. The van der Waals surface area contributed by atoms with Gasteiger partial charge in [-0.1, -0.05) is 36.7 Å². The smallest absolute Gasteiger partial charge is 0.223 e. The molecular formula is C14H16ClN3. The SMILES string of the molecule is CCCNc1ncc(C)c(-c2ccccc2Cl)n1. The van der Waals surface area contributed by atoms with E-state index in [2.05, 4.69) is 22.2 Å². The monoisotopic (exact) mass is 261 g/mol. The summed E-state index contributed by atoms with van der Waals surface area (Å²) in [5.74, 6) is 0.650. The number of hydrogen-bond donors (Lipinski definition) is 1. The molecule has 0 aliphatic heterocycles. The van der Waals surface area contributed by atoms with Gasteiger partial charge in [0.05, 0.1) is 5.69 Å². The van der Waals surface area contributed by atoms with E-state index in [1.807, 2.05) is 37.4 Å². The zero-order valence-electron chi connectivity index (χ0n) is 10.6. The fourth-order valence-corrected chi connectivity index (χ4v) is 1.92. The Kier molecular flexibility index (Phi) is 4.15. The van der Waals surface area contributed by atoms with Crippen molar-refractivity contribution in [2.45, 2.75) is 20.3 Å². The van der Waals surface area contributed by atoms with Crippen LogP contribution in [0.3, 0.4) is 0 Å². The van der Waals surface area contributed by atoms with Crippen LogP contribution in [-0.4, -0.2) is 16.5 Å². The van der Waals surface area contributed by atoms with E-state index in [0.29, 0.717) is 11.0 Å². The molecule has 0 amide bonds. The maximum absolute atomic E-state index is 6.21. The minimum Gasteiger partial charge on any atom is -0.354 e. The highest BCUT2D eigenvalue weighted by atomic mass is 35.5. The predicted molar refractivity (Wildman–Crippen MR) is 76.0 cm³/mol. The molecule has 1 aromatic heterocycles. The summed E-state index contributed by atoms with van der Waals surface area (Å²) < 4.78 is 0. The molecule has 4 heteroatoms. The first-order valence-corrected chi connectivity index (χ1v) is 6.42. The largest absolute Gasteiger partial charge is 0.354 e. The van der Waals surface area contributed by atoms with Gasteiger partial charge in [0.15, 0.2) is 0 Å². The Morgan fingerprint density at radius 3 is 2.78 bits per heavy atom. The second-order valence-electron chi connectivity index (χ2n) is 4.13. The highest BCUT2D eigenvalue weighted by molar-refractivity contribution is 6.33. The Morgan fingerprint density at radius 1 is 1.28 bits per heavy atom. The lowest BCUT2D eigenvalue weighted by atomic mass is 10.1. The molecular weight excluding hydrogens is 246 g/mol. The van der Waals surface area contributed by atoms with Crippen LogP contribution in [0.4, 0.5) is 5.95 Å². The molecule has 2 rings (SSSR count). The van der Waals surface area contributed by atoms with Crippen LogP contribution in [0.2, 0.25) is 5.02 Å². The molecule has 1 aromatic carbocycles. The highest BCUT2D eigenvalue weighted by Gasteiger charge is 2.09. The lowest BCUT2D eigenvalue weighted by Gasteiger charge is -2.09. The van der Waals surface area contributed by atoms with E-state index in [1.165, 1.54) is 0 Å². The van der Waals surface area contributed by atoms with Crippen molar-refractivity contribution >= 4 is 17.5 Å². The fraction of sp³-hybridized carbons (Fsp3) is 0.286. The van der Waals surface area contributed by atoms with Gasteiger partial charge in [0.1, 0.15) is 0 Å². The van der Waals surface area contributed by atoms with Gasteiger partial charge in [0, 0.05) is 23.3 Å². The first kappa shape index (κ1) is 12.8. The van der Waals surface area contributed by atoms with Crippen LogP contribution in [0.25, 0.3) is 11.3 Å². The third-order valence-electron chi connectivity index (χ3n) is 2.63. The summed E-state index contributed by atoms with van der Waals surface area (Å²) in [5, 5.41) is 3.89. The first-order valence-electron chi connectivity index (χ1n) is 6.04. The predicted octanol–water partition coefficient (Wildman–Crippen LogP) is 3.93. The maximum atomic E-state index is 6.21. The van der Waals surface area contributed by atoms with Crippen molar-refractivity contribution in [2.75, 3.05) is 11.9 Å². The summed E-state index contributed by atoms with van der Waals surface area (Å²) in [6, 6.07) is 7.72. The molecule has 0 saturated carbocycles. The van der Waals surface area contributed by atoms with E-state index in [4.69, 9.17) is 11.6 Å². The lowest BCUT2D eigenvalue weighted by Crippen LogP contribution is -2.05. The van der Waals surface area contributed by atoms with E-state index in [9.17, 15) is 0 Å². The van der Waals surface area contributed by atoms with Gasteiger partial charge in [-0.25, -0.2) is 9.97 Å². The fourth-order valence-electron chi connectivity index (χ4n) is 1.69. The Hall–Kier alpha value is -1.61. The molecule has 2 aromatic rings. The van der Waals surface area contributed by atoms with Crippen molar-refractivity contribution in [3.63, 3.8) is 0 Å². The first-order chi connectivity index (χ1) is 8.72. The van der Waals surface area contributed by atoms with Gasteiger partial charge < -0.3 is 5.32 Å². The molecule has 0 bridgehead atoms. The van der Waals surface area contributed by atoms with Crippen LogP contribution >= 0.6 is 11.6 Å². The van der Waals surface area contributed by atoms with Crippen molar-refractivity contribution in [3.05, 3.63) is 41.0 Å². The number of nitrogens with zero attached hydrogens (tertiary/aromatic N) is 2. The molecule has 94 valence electrons. The zero-order chi connectivity index (χ0) is 13.0. The van der Waals surface area contributed by atoms with Crippen molar-refractivity contribution < 1.29 is 0 Å². The molecule has 1 heterocycles. The van der Waals surface area contributed by atoms with E-state index in [1.54, 1.807) is 0 Å². The number of aromatic nitrogens is 2. The number of aryl methyl sites for hydroxylation is 1. The van der Waals surface area contributed by atoms with Gasteiger partial charge in [-0.2, -0.15) is 0 Å². The molecule has 18 heavy (non-hydrogen) atoms. The number of rotatable bonds is 4. The van der Waals surface area contributed by atoms with E-state index in [0.717, 1.165) is 29.8 Å². The topological polar surface area (TPSA) is 37.8 Å². The molecule has 1 N–H and O–H groups in total. The van der Waals surface area contributed by atoms with E-state index < -0.39 is 0 Å². The van der Waals surface area contributed by atoms with Crippen LogP contribution in [0, 0.1) is 6.92 Å². The standard InChI is InChI=1S/C14H16ClN3/c1-3-8-16-14-17-9-10(2)13(18-14)11-6-4-5-7-12(11)15/h4-7,9H,3,8H2,1-2H3,(H,16,17,18). The number of anilines is 1. The van der Waals surface area contributed by atoms with Crippen LogP contribution < -0.4 is 5.32 Å². The molecule has 0 aliphatic carbocycles. The highest BCUT2D eigenvalue weighted by Crippen LogP contribution is 2.28. The van der Waals surface area contributed by atoms with Crippen molar-refractivity contribution in [2.24, 2.45) is 0 Å². The zero-order valence-corrected chi connectivity index (χ0v) is 11.3. The van der Waals surface area contributed by atoms with Gasteiger partial charge in [0.25, 0.3) is 0 Å². The van der Waals surface area contributed by atoms with Crippen molar-refractivity contribution in [3.8, 4) is 11.3 Å². The van der Waals surface area contributed by atoms with E-state index in [-0.39, 0.29) is 0 Å². The van der Waals surface area contributed by atoms with Crippen molar-refractivity contribution in [1.29, 1.82) is 0 Å². The Balaban J connectivity index is 2.40. The minimum atomic E-state index is 0.650. The summed E-state index contributed by atoms with van der Waals surface area (Å²) >= 11 is 6.21. The van der Waals surface area contributed by atoms with E-state index >= 15 is 0 Å². The van der Waals surface area contributed by atoms with Crippen LogP contribution in [0.5, 0.6) is 0 Å². The summed E-state index contributed by atoms with van der Waals surface area (Å²) in [7, 11) is 0. The van der Waals surface area contributed by atoms with Gasteiger partial charge in [-0.3, -0.25) is 0 Å². The Bertz CT molecular complexity index is 540. The quantitative estimate of drug-likeness (QED) is 0.906. The maximum Gasteiger partial charge on any atom is 0.223 e. The normalized spacial score (nSPS) is 10.4. The third-order valence-corrected chi connectivity index (χ3v) is 2.96. The van der Waals surface area contributed by atoms with Gasteiger partial charge in [-0.15, -0.1) is 0 Å². The van der Waals surface area contributed by atoms with Crippen LogP contribution in [0.1, 0.15) is 18.9 Å². The summed E-state index contributed by atoms with van der Waals surface area (Å²) in [6.07, 6.45) is 2.86. The van der Waals surface area contributed by atoms with Gasteiger partial charge >= 0.3 is 0 Å². The van der Waals surface area contributed by atoms with Crippen LogP contribution in [-0.2, 0) is 0 Å². The third kappa shape index (κ3) is 2.79. The molecule has 0 radical (unpaired) electrons. The summed E-state index contributed by atoms with van der Waals surface area (Å²) in [5.41, 5.74) is 2.85. The average Bonchev–Trinajstić information content (AvgIpc) is 2.39. The van der Waals surface area contributed by atoms with Gasteiger partial charge in [0.2, 0.25) is 5.95 Å². The van der Waals surface area contributed by atoms with Crippen LogP contribution in [0.15, 0.2) is 30.5 Å². The molecule has 3 nitrogen and oxygen atoms in total. The molecule has 0 unspecified atom stereocenters. The molecule has 0 saturated heterocycles. The summed E-state index contributed by atoms with van der Waals surface area (Å²) in [6.45, 7) is 4.96. The number of nitrogens with one attached hydrogen (secondary N) is 1. The number of halogens is 1. The lowest BCUT2D eigenvalue weighted by molar-refractivity contribution is 0.951. The average molecular weight is 262 g/mol. The van der Waals surface area contributed by atoms with Gasteiger partial charge in [-0.05, 0) is 25.0 Å². The summed E-state index contributed by atoms with van der Waals surface area (Å²) in [4.78, 5) is 8.80. The number of hydrogen-bond acceptors (Lipinski definition) is 3. The second kappa shape index (κ2) is 5.83. The molecule has 0 atom stereocenters. The molecule has 0 aliphatic rings.